The van der Waals surface area contributed by atoms with E-state index in [-0.39, 0.29) is 0 Å². The van der Waals surface area contributed by atoms with Crippen LogP contribution in [-0.2, 0) is 6.54 Å². The topological polar surface area (TPSA) is 42.2 Å². The zero-order chi connectivity index (χ0) is 13.4. The van der Waals surface area contributed by atoms with E-state index in [4.69, 9.17) is 4.42 Å². The summed E-state index contributed by atoms with van der Waals surface area (Å²) >= 11 is 1.47. The molecule has 2 bridgehead atoms. The van der Waals surface area contributed by atoms with Gasteiger partial charge in [0.15, 0.2) is 10.2 Å². The molecule has 5 heteroatoms. The third-order valence-electron chi connectivity index (χ3n) is 4.25. The Morgan fingerprint density at radius 2 is 2.15 bits per heavy atom. The lowest BCUT2D eigenvalue weighted by molar-refractivity contribution is 0.187. The molecule has 0 spiro atoms. The summed E-state index contributed by atoms with van der Waals surface area (Å²) in [5.74, 6) is 1.98. The number of rotatable bonds is 4. The third kappa shape index (κ3) is 2.47. The Labute approximate surface area is 122 Å². The van der Waals surface area contributed by atoms with Crippen LogP contribution < -0.4 is 0 Å². The smallest absolute Gasteiger partial charge is 0.195 e. The number of nitrogens with zero attached hydrogens (tertiary/aromatic N) is 3. The Morgan fingerprint density at radius 3 is 2.90 bits per heavy atom. The molecule has 3 heterocycles. The molecule has 2 atom stereocenters. The lowest BCUT2D eigenvalue weighted by Gasteiger charge is -2.25. The Kier molecular flexibility index (Phi) is 3.24. The van der Waals surface area contributed by atoms with Crippen molar-refractivity contribution in [3.8, 4) is 0 Å². The molecule has 1 saturated carbocycles. The van der Waals surface area contributed by atoms with E-state index in [0.29, 0.717) is 0 Å². The quantitative estimate of drug-likeness (QED) is 0.808. The van der Waals surface area contributed by atoms with Crippen LogP contribution in [-0.4, -0.2) is 27.5 Å². The minimum Gasteiger partial charge on any atom is -0.453 e. The summed E-state index contributed by atoms with van der Waals surface area (Å²) in [6, 6.07) is 6.71. The van der Waals surface area contributed by atoms with Gasteiger partial charge in [0.25, 0.3) is 0 Å². The van der Waals surface area contributed by atoms with E-state index in [1.807, 2.05) is 12.1 Å². The first-order valence-electron chi connectivity index (χ1n) is 7.14. The molecule has 2 aromatic heterocycles. The van der Waals surface area contributed by atoms with Crippen molar-refractivity contribution >= 4 is 11.8 Å². The van der Waals surface area contributed by atoms with E-state index in [0.717, 1.165) is 34.5 Å². The van der Waals surface area contributed by atoms with Crippen LogP contribution in [0.1, 0.15) is 25.0 Å². The maximum atomic E-state index is 5.90. The average Bonchev–Trinajstić information content (AvgIpc) is 3.17. The Bertz CT molecular complexity index is 586. The lowest BCUT2D eigenvalue weighted by atomic mass is 10.1. The standard InChI is InChI=1S/C15H17N3OS/c1-6-16-15(17-7-1)20-14-5-4-13(19-14)10-18-9-11-2-3-12(18)8-11/h1,4-7,11-12H,2-3,8-10H2/t11-,12-/m0/s1. The molecule has 2 aromatic rings. The van der Waals surface area contributed by atoms with E-state index >= 15 is 0 Å². The molecule has 4 rings (SSSR count). The zero-order valence-corrected chi connectivity index (χ0v) is 12.1. The van der Waals surface area contributed by atoms with Crippen molar-refractivity contribution in [2.45, 2.75) is 42.1 Å². The van der Waals surface area contributed by atoms with Crippen molar-refractivity contribution in [2.75, 3.05) is 6.54 Å². The van der Waals surface area contributed by atoms with Gasteiger partial charge in [-0.25, -0.2) is 9.97 Å². The molecule has 0 radical (unpaired) electrons. The van der Waals surface area contributed by atoms with Crippen LogP contribution in [0, 0.1) is 5.92 Å². The average molecular weight is 287 g/mol. The SMILES string of the molecule is c1cnc(Sc2ccc(CN3C[C@H]4CC[C@H]3C4)o2)nc1. The molecule has 0 aromatic carbocycles. The first kappa shape index (κ1) is 12.4. The zero-order valence-electron chi connectivity index (χ0n) is 11.2. The van der Waals surface area contributed by atoms with Crippen molar-refractivity contribution in [2.24, 2.45) is 5.92 Å². The highest BCUT2D eigenvalue weighted by molar-refractivity contribution is 7.99. The fraction of sp³-hybridized carbons (Fsp3) is 0.467. The summed E-state index contributed by atoms with van der Waals surface area (Å²) in [6.45, 7) is 2.19. The Morgan fingerprint density at radius 1 is 1.25 bits per heavy atom. The minimum absolute atomic E-state index is 0.730. The molecule has 0 amide bonds. The number of hydrogen-bond acceptors (Lipinski definition) is 5. The predicted molar refractivity (Wildman–Crippen MR) is 76.4 cm³/mol. The van der Waals surface area contributed by atoms with Crippen molar-refractivity contribution in [3.05, 3.63) is 36.4 Å². The van der Waals surface area contributed by atoms with Crippen LogP contribution in [0.4, 0.5) is 0 Å². The fourth-order valence-corrected chi connectivity index (χ4v) is 4.04. The number of hydrogen-bond donors (Lipinski definition) is 0. The number of furan rings is 1. The summed E-state index contributed by atoms with van der Waals surface area (Å²) in [4.78, 5) is 11.0. The Hall–Kier alpha value is -1.33. The third-order valence-corrected chi connectivity index (χ3v) is 5.07. The van der Waals surface area contributed by atoms with Crippen molar-refractivity contribution in [1.29, 1.82) is 0 Å². The van der Waals surface area contributed by atoms with Gasteiger partial charge in [-0.3, -0.25) is 4.90 Å². The first-order chi connectivity index (χ1) is 9.87. The van der Waals surface area contributed by atoms with Crippen molar-refractivity contribution < 1.29 is 4.42 Å². The molecule has 104 valence electrons. The van der Waals surface area contributed by atoms with E-state index in [1.54, 1.807) is 12.4 Å². The maximum absolute atomic E-state index is 5.90. The van der Waals surface area contributed by atoms with Gasteiger partial charge in [-0.1, -0.05) is 0 Å². The normalized spacial score (nSPS) is 25.4. The Balaban J connectivity index is 1.41. The maximum Gasteiger partial charge on any atom is 0.195 e. The van der Waals surface area contributed by atoms with Gasteiger partial charge in [-0.05, 0) is 55.1 Å². The number of fused-ring (bicyclic) bond motifs is 2. The van der Waals surface area contributed by atoms with Crippen LogP contribution in [0.2, 0.25) is 0 Å². The van der Waals surface area contributed by atoms with Crippen LogP contribution in [0.3, 0.4) is 0 Å². The van der Waals surface area contributed by atoms with Gasteiger partial charge in [0, 0.05) is 25.0 Å². The van der Waals surface area contributed by atoms with Crippen molar-refractivity contribution in [1.82, 2.24) is 14.9 Å². The van der Waals surface area contributed by atoms with E-state index in [9.17, 15) is 0 Å². The summed E-state index contributed by atoms with van der Waals surface area (Å²) in [6.07, 6.45) is 7.68. The highest BCUT2D eigenvalue weighted by Gasteiger charge is 2.37. The van der Waals surface area contributed by atoms with E-state index in [2.05, 4.69) is 20.9 Å². The molecule has 20 heavy (non-hydrogen) atoms. The molecule has 0 N–H and O–H groups in total. The van der Waals surface area contributed by atoms with Gasteiger partial charge < -0.3 is 4.42 Å². The van der Waals surface area contributed by atoms with Crippen LogP contribution in [0.5, 0.6) is 0 Å². The summed E-state index contributed by atoms with van der Waals surface area (Å²) in [5, 5.41) is 1.60. The molecule has 4 nitrogen and oxygen atoms in total. The minimum atomic E-state index is 0.730. The van der Waals surface area contributed by atoms with Crippen LogP contribution >= 0.6 is 11.8 Å². The van der Waals surface area contributed by atoms with Gasteiger partial charge in [-0.15, -0.1) is 0 Å². The van der Waals surface area contributed by atoms with Gasteiger partial charge in [0.05, 0.1) is 6.54 Å². The summed E-state index contributed by atoms with van der Waals surface area (Å²) in [5.41, 5.74) is 0. The van der Waals surface area contributed by atoms with Crippen molar-refractivity contribution in [3.63, 3.8) is 0 Å². The number of likely N-dealkylation sites (tertiary alicyclic amines) is 1. The van der Waals surface area contributed by atoms with Crippen LogP contribution in [0.15, 0.2) is 45.3 Å². The number of piperidine rings is 1. The highest BCUT2D eigenvalue weighted by Crippen LogP contribution is 2.38. The molecule has 2 aliphatic rings. The van der Waals surface area contributed by atoms with Gasteiger partial charge in [0.2, 0.25) is 0 Å². The van der Waals surface area contributed by atoms with Gasteiger partial charge in [-0.2, -0.15) is 0 Å². The first-order valence-corrected chi connectivity index (χ1v) is 7.96. The van der Waals surface area contributed by atoms with Gasteiger partial charge in [0.1, 0.15) is 5.76 Å². The van der Waals surface area contributed by atoms with Crippen LogP contribution in [0.25, 0.3) is 0 Å². The van der Waals surface area contributed by atoms with Gasteiger partial charge >= 0.3 is 0 Å². The van der Waals surface area contributed by atoms with E-state index < -0.39 is 0 Å². The molecule has 1 saturated heterocycles. The second-order valence-corrected chi connectivity index (χ2v) is 6.59. The molecular weight excluding hydrogens is 270 g/mol. The lowest BCUT2D eigenvalue weighted by Crippen LogP contribution is -2.31. The number of aromatic nitrogens is 2. The van der Waals surface area contributed by atoms with E-state index in [1.165, 1.54) is 37.6 Å². The molecular formula is C15H17N3OS. The molecule has 0 unspecified atom stereocenters. The summed E-state index contributed by atoms with van der Waals surface area (Å²) < 4.78 is 5.90. The molecule has 2 fully saturated rings. The molecule has 1 aliphatic carbocycles. The molecule has 1 aliphatic heterocycles. The fourth-order valence-electron chi connectivity index (χ4n) is 3.35. The summed E-state index contributed by atoms with van der Waals surface area (Å²) in [7, 11) is 0. The monoisotopic (exact) mass is 287 g/mol. The second-order valence-electron chi connectivity index (χ2n) is 5.62. The highest BCUT2D eigenvalue weighted by atomic mass is 32.2. The largest absolute Gasteiger partial charge is 0.453 e. The second kappa shape index (κ2) is 5.22. The predicted octanol–water partition coefficient (Wildman–Crippen LogP) is 3.21.